The number of nitro benzene ring substituents is 1. The Hall–Kier alpha value is -1.66. The van der Waals surface area contributed by atoms with Gasteiger partial charge in [0.15, 0.2) is 0 Å². The number of benzene rings is 1. The summed E-state index contributed by atoms with van der Waals surface area (Å²) < 4.78 is 0. The predicted molar refractivity (Wildman–Crippen MR) is 97.0 cm³/mol. The number of carbonyl (C=O) groups is 1. The lowest BCUT2D eigenvalue weighted by molar-refractivity contribution is -0.386. The van der Waals surface area contributed by atoms with E-state index in [0.717, 1.165) is 25.9 Å². The summed E-state index contributed by atoms with van der Waals surface area (Å²) in [5, 5.41) is 17.5. The van der Waals surface area contributed by atoms with Crippen LogP contribution in [0.25, 0.3) is 0 Å². The summed E-state index contributed by atoms with van der Waals surface area (Å²) in [5.41, 5.74) is 0.642. The number of nitro groups is 1. The molecule has 1 aromatic rings. The number of nitrogens with one attached hydrogen (secondary N) is 2. The van der Waals surface area contributed by atoms with Crippen LogP contribution in [0.15, 0.2) is 18.2 Å². The summed E-state index contributed by atoms with van der Waals surface area (Å²) in [6.07, 6.45) is 2.07. The SMILES string of the molecule is CC(C)(C)c1ccc(C(=O)NCCC2CCNC2)cc1[N+](=O)[O-].Cl. The summed E-state index contributed by atoms with van der Waals surface area (Å²) in [6.45, 7) is 8.40. The van der Waals surface area contributed by atoms with Gasteiger partial charge in [-0.25, -0.2) is 0 Å². The molecule has 1 fully saturated rings. The molecule has 24 heavy (non-hydrogen) atoms. The molecule has 1 aromatic carbocycles. The average Bonchev–Trinajstić information content (AvgIpc) is 2.98. The van der Waals surface area contributed by atoms with Crippen molar-refractivity contribution in [3.63, 3.8) is 0 Å². The maximum atomic E-state index is 12.2. The first-order chi connectivity index (χ1) is 10.8. The number of nitrogens with zero attached hydrogens (tertiary/aromatic N) is 1. The lowest BCUT2D eigenvalue weighted by Gasteiger charge is -2.19. The fourth-order valence-corrected chi connectivity index (χ4v) is 2.91. The van der Waals surface area contributed by atoms with Crippen LogP contribution in [-0.2, 0) is 5.41 Å². The van der Waals surface area contributed by atoms with Gasteiger partial charge in [0.05, 0.1) is 4.92 Å². The summed E-state index contributed by atoms with van der Waals surface area (Å²) in [4.78, 5) is 23.1. The molecule has 1 unspecified atom stereocenters. The highest BCUT2D eigenvalue weighted by Gasteiger charge is 2.26. The maximum Gasteiger partial charge on any atom is 0.273 e. The zero-order valence-electron chi connectivity index (χ0n) is 14.4. The highest BCUT2D eigenvalue weighted by Crippen LogP contribution is 2.31. The van der Waals surface area contributed by atoms with Crippen LogP contribution in [0, 0.1) is 16.0 Å². The van der Waals surface area contributed by atoms with Crippen LogP contribution < -0.4 is 10.6 Å². The van der Waals surface area contributed by atoms with E-state index in [1.165, 1.54) is 6.07 Å². The van der Waals surface area contributed by atoms with Crippen molar-refractivity contribution >= 4 is 24.0 Å². The van der Waals surface area contributed by atoms with Gasteiger partial charge in [0.25, 0.3) is 11.6 Å². The fraction of sp³-hybridized carbons (Fsp3) is 0.588. The van der Waals surface area contributed by atoms with E-state index in [0.29, 0.717) is 23.6 Å². The number of rotatable bonds is 5. The molecule has 1 aliphatic rings. The number of halogens is 1. The molecule has 1 saturated heterocycles. The Bertz CT molecular complexity index is 593. The third-order valence-corrected chi connectivity index (χ3v) is 4.27. The van der Waals surface area contributed by atoms with E-state index >= 15 is 0 Å². The highest BCUT2D eigenvalue weighted by atomic mass is 35.5. The van der Waals surface area contributed by atoms with Gasteiger partial charge < -0.3 is 10.6 Å². The van der Waals surface area contributed by atoms with Crippen molar-refractivity contribution in [3.05, 3.63) is 39.4 Å². The normalized spacial score (nSPS) is 17.2. The van der Waals surface area contributed by atoms with Gasteiger partial charge in [0.2, 0.25) is 0 Å². The highest BCUT2D eigenvalue weighted by molar-refractivity contribution is 5.95. The third-order valence-electron chi connectivity index (χ3n) is 4.27. The second-order valence-corrected chi connectivity index (χ2v) is 7.14. The Kier molecular flexibility index (Phi) is 7.17. The number of carbonyl (C=O) groups excluding carboxylic acids is 1. The van der Waals surface area contributed by atoms with Crippen LogP contribution in [0.5, 0.6) is 0 Å². The van der Waals surface area contributed by atoms with Crippen molar-refractivity contribution < 1.29 is 9.72 Å². The second-order valence-electron chi connectivity index (χ2n) is 7.14. The summed E-state index contributed by atoms with van der Waals surface area (Å²) in [5.74, 6) is 0.354. The Morgan fingerprint density at radius 3 is 2.67 bits per heavy atom. The van der Waals surface area contributed by atoms with Gasteiger partial charge in [-0.3, -0.25) is 14.9 Å². The average molecular weight is 356 g/mol. The van der Waals surface area contributed by atoms with E-state index < -0.39 is 4.92 Å². The Morgan fingerprint density at radius 1 is 1.42 bits per heavy atom. The van der Waals surface area contributed by atoms with Crippen molar-refractivity contribution in [2.75, 3.05) is 19.6 Å². The molecule has 134 valence electrons. The quantitative estimate of drug-likeness (QED) is 0.628. The molecule has 0 saturated carbocycles. The van der Waals surface area contributed by atoms with Crippen LogP contribution >= 0.6 is 12.4 Å². The molecule has 0 spiro atoms. The minimum Gasteiger partial charge on any atom is -0.352 e. The Balaban J connectivity index is 0.00000288. The van der Waals surface area contributed by atoms with Crippen molar-refractivity contribution in [2.24, 2.45) is 5.92 Å². The van der Waals surface area contributed by atoms with Crippen LogP contribution in [0.2, 0.25) is 0 Å². The van der Waals surface area contributed by atoms with Gasteiger partial charge >= 0.3 is 0 Å². The zero-order valence-corrected chi connectivity index (χ0v) is 15.2. The van der Waals surface area contributed by atoms with E-state index in [2.05, 4.69) is 10.6 Å². The van der Waals surface area contributed by atoms with Crippen molar-refractivity contribution in [1.29, 1.82) is 0 Å². The zero-order chi connectivity index (χ0) is 17.0. The largest absolute Gasteiger partial charge is 0.352 e. The number of amides is 1. The summed E-state index contributed by atoms with van der Waals surface area (Å²) in [6, 6.07) is 4.74. The van der Waals surface area contributed by atoms with Crippen LogP contribution in [0.3, 0.4) is 0 Å². The number of hydrogen-bond acceptors (Lipinski definition) is 4. The molecule has 1 amide bonds. The summed E-state index contributed by atoms with van der Waals surface area (Å²) >= 11 is 0. The molecular weight excluding hydrogens is 330 g/mol. The first-order valence-electron chi connectivity index (χ1n) is 8.07. The molecular formula is C17H26ClN3O3. The standard InChI is InChI=1S/C17H25N3O3.ClH/c1-17(2,3)14-5-4-13(10-15(14)20(22)23)16(21)19-9-7-12-6-8-18-11-12;/h4-5,10,12,18H,6-9,11H2,1-3H3,(H,19,21);1H. The molecule has 0 aromatic heterocycles. The first kappa shape index (κ1) is 20.4. The molecule has 2 N–H and O–H groups in total. The van der Waals surface area contributed by atoms with Crippen LogP contribution in [0.4, 0.5) is 5.69 Å². The van der Waals surface area contributed by atoms with Crippen LogP contribution in [0.1, 0.15) is 49.5 Å². The predicted octanol–water partition coefficient (Wildman–Crippen LogP) is 3.04. The smallest absolute Gasteiger partial charge is 0.273 e. The Morgan fingerprint density at radius 2 is 2.12 bits per heavy atom. The van der Waals surface area contributed by atoms with E-state index in [1.807, 2.05) is 20.8 Å². The lowest BCUT2D eigenvalue weighted by Crippen LogP contribution is -2.26. The number of hydrogen-bond donors (Lipinski definition) is 2. The molecule has 0 bridgehead atoms. The van der Waals surface area contributed by atoms with Crippen molar-refractivity contribution in [2.45, 2.75) is 39.0 Å². The Labute approximate surface area is 149 Å². The van der Waals surface area contributed by atoms with Gasteiger partial charge in [-0.2, -0.15) is 0 Å². The van der Waals surface area contributed by atoms with Gasteiger partial charge in [-0.1, -0.05) is 26.8 Å². The monoisotopic (exact) mass is 355 g/mol. The van der Waals surface area contributed by atoms with Gasteiger partial charge in [-0.05, 0) is 43.3 Å². The van der Waals surface area contributed by atoms with E-state index in [-0.39, 0.29) is 29.4 Å². The van der Waals surface area contributed by atoms with Crippen molar-refractivity contribution in [3.8, 4) is 0 Å². The molecule has 1 atom stereocenters. The minimum absolute atomic E-state index is 0. The molecule has 1 aliphatic heterocycles. The van der Waals surface area contributed by atoms with Gasteiger partial charge in [-0.15, -0.1) is 12.4 Å². The van der Waals surface area contributed by atoms with Gasteiger partial charge in [0.1, 0.15) is 0 Å². The fourth-order valence-electron chi connectivity index (χ4n) is 2.91. The molecule has 0 radical (unpaired) electrons. The van der Waals surface area contributed by atoms with Gasteiger partial charge in [0, 0.05) is 23.7 Å². The second kappa shape index (κ2) is 8.44. The van der Waals surface area contributed by atoms with Crippen LogP contribution in [-0.4, -0.2) is 30.5 Å². The minimum atomic E-state index is -0.415. The van der Waals surface area contributed by atoms with E-state index in [4.69, 9.17) is 0 Å². The molecule has 1 heterocycles. The lowest BCUT2D eigenvalue weighted by atomic mass is 9.85. The first-order valence-corrected chi connectivity index (χ1v) is 8.07. The summed E-state index contributed by atoms with van der Waals surface area (Å²) in [7, 11) is 0. The molecule has 0 aliphatic carbocycles. The molecule has 7 heteroatoms. The molecule has 6 nitrogen and oxygen atoms in total. The van der Waals surface area contributed by atoms with E-state index in [9.17, 15) is 14.9 Å². The third kappa shape index (κ3) is 5.18. The maximum absolute atomic E-state index is 12.2. The van der Waals surface area contributed by atoms with Crippen molar-refractivity contribution in [1.82, 2.24) is 10.6 Å². The topological polar surface area (TPSA) is 84.3 Å². The molecule has 2 rings (SSSR count). The van der Waals surface area contributed by atoms with E-state index in [1.54, 1.807) is 12.1 Å².